The maximum absolute atomic E-state index is 12.4. The lowest BCUT2D eigenvalue weighted by molar-refractivity contribution is -0.116. The molecule has 2 aromatic carbocycles. The molecule has 0 radical (unpaired) electrons. The van der Waals surface area contributed by atoms with E-state index in [1.165, 1.54) is 11.3 Å². The summed E-state index contributed by atoms with van der Waals surface area (Å²) >= 11 is 0. The highest BCUT2D eigenvalue weighted by Crippen LogP contribution is 2.24. The molecular weight excluding hydrogens is 386 g/mol. The zero-order valence-electron chi connectivity index (χ0n) is 18.4. The van der Waals surface area contributed by atoms with Gasteiger partial charge < -0.3 is 20.3 Å². The number of nitrogens with one attached hydrogen (secondary N) is 2. The third-order valence-electron chi connectivity index (χ3n) is 6.39. The van der Waals surface area contributed by atoms with Crippen LogP contribution in [0.3, 0.4) is 0 Å². The quantitative estimate of drug-likeness (QED) is 0.664. The van der Waals surface area contributed by atoms with Gasteiger partial charge in [-0.15, -0.1) is 0 Å². The number of aryl methyl sites for hydroxylation is 1. The largest absolute Gasteiger partial charge is 0.381 e. The lowest BCUT2D eigenvalue weighted by atomic mass is 10.0. The average Bonchev–Trinajstić information content (AvgIpc) is 2.81. The third-order valence-corrected chi connectivity index (χ3v) is 6.39. The van der Waals surface area contributed by atoms with Crippen LogP contribution in [0.5, 0.6) is 0 Å². The molecule has 2 aliphatic rings. The molecule has 0 spiro atoms. The predicted molar refractivity (Wildman–Crippen MR) is 127 cm³/mol. The molecule has 166 valence electrons. The highest BCUT2D eigenvalue weighted by molar-refractivity contribution is 5.91. The number of hydrogen-bond donors (Lipinski definition) is 2. The van der Waals surface area contributed by atoms with E-state index in [9.17, 15) is 4.79 Å². The fourth-order valence-corrected chi connectivity index (χ4v) is 4.60. The van der Waals surface area contributed by atoms with E-state index in [0.717, 1.165) is 70.5 Å². The van der Waals surface area contributed by atoms with E-state index in [-0.39, 0.29) is 5.91 Å². The van der Waals surface area contributed by atoms with Gasteiger partial charge >= 0.3 is 0 Å². The number of rotatable bonds is 8. The second kappa shape index (κ2) is 11.3. The molecule has 2 N–H and O–H groups in total. The fourth-order valence-electron chi connectivity index (χ4n) is 4.60. The number of hydrogen-bond acceptors (Lipinski definition) is 4. The minimum atomic E-state index is 0.0902. The van der Waals surface area contributed by atoms with Gasteiger partial charge in [-0.05, 0) is 62.3 Å². The van der Waals surface area contributed by atoms with E-state index < -0.39 is 0 Å². The molecule has 0 aliphatic carbocycles. The van der Waals surface area contributed by atoms with Crippen LogP contribution < -0.4 is 15.5 Å². The number of piperidine rings is 1. The van der Waals surface area contributed by atoms with Crippen molar-refractivity contribution in [3.05, 3.63) is 60.2 Å². The second-order valence-corrected chi connectivity index (χ2v) is 8.75. The highest BCUT2D eigenvalue weighted by Gasteiger charge is 2.23. The lowest BCUT2D eigenvalue weighted by Crippen LogP contribution is -2.47. The Balaban J connectivity index is 1.21. The first-order valence-corrected chi connectivity index (χ1v) is 11.8. The molecule has 2 heterocycles. The zero-order chi connectivity index (χ0) is 21.3. The maximum Gasteiger partial charge on any atom is 0.224 e. The number of carbonyl (C=O) groups excluding carboxylic acids is 1. The summed E-state index contributed by atoms with van der Waals surface area (Å²) in [4.78, 5) is 14.8. The summed E-state index contributed by atoms with van der Waals surface area (Å²) in [5.74, 6) is 0.0902. The summed E-state index contributed by atoms with van der Waals surface area (Å²) in [6.45, 7) is 3.88. The summed E-state index contributed by atoms with van der Waals surface area (Å²) in [6, 6.07) is 19.9. The molecule has 1 amide bonds. The van der Waals surface area contributed by atoms with Crippen LogP contribution in [-0.2, 0) is 16.0 Å². The molecule has 0 atom stereocenters. The minimum absolute atomic E-state index is 0.0902. The van der Waals surface area contributed by atoms with Gasteiger partial charge in [0.05, 0.1) is 0 Å². The molecule has 0 saturated carbocycles. The monoisotopic (exact) mass is 421 g/mol. The van der Waals surface area contributed by atoms with Gasteiger partial charge in [0.1, 0.15) is 0 Å². The van der Waals surface area contributed by atoms with Crippen molar-refractivity contribution >= 4 is 17.3 Å². The Kier molecular flexibility index (Phi) is 7.97. The van der Waals surface area contributed by atoms with E-state index in [2.05, 4.69) is 39.8 Å². The Morgan fingerprint density at radius 2 is 1.68 bits per heavy atom. The van der Waals surface area contributed by atoms with E-state index in [4.69, 9.17) is 4.74 Å². The minimum Gasteiger partial charge on any atom is -0.381 e. The summed E-state index contributed by atoms with van der Waals surface area (Å²) in [5, 5.41) is 6.92. The lowest BCUT2D eigenvalue weighted by Gasteiger charge is -2.36. The topological polar surface area (TPSA) is 53.6 Å². The molecule has 0 bridgehead atoms. The Labute approximate surface area is 186 Å². The summed E-state index contributed by atoms with van der Waals surface area (Å²) in [5.41, 5.74) is 3.38. The van der Waals surface area contributed by atoms with Crippen LogP contribution in [0.4, 0.5) is 11.4 Å². The number of amides is 1. The van der Waals surface area contributed by atoms with Crippen LogP contribution in [0.2, 0.25) is 0 Å². The Hall–Kier alpha value is -2.37. The van der Waals surface area contributed by atoms with Gasteiger partial charge in [-0.1, -0.05) is 36.4 Å². The zero-order valence-corrected chi connectivity index (χ0v) is 18.4. The molecule has 2 fully saturated rings. The standard InChI is InChI=1S/C26H35N3O2/c30-26(11-4-8-21-6-2-1-3-7-21)28-24-9-5-10-25(20-24)29-16-12-22(13-17-29)27-23-14-18-31-19-15-23/h1-3,5-7,9-10,20,22-23,27H,4,8,11-19H2,(H,28,30). The van der Waals surface area contributed by atoms with E-state index >= 15 is 0 Å². The van der Waals surface area contributed by atoms with Gasteiger partial charge in [0.25, 0.3) is 0 Å². The molecule has 0 aromatic heterocycles. The molecule has 0 unspecified atom stereocenters. The van der Waals surface area contributed by atoms with Crippen LogP contribution in [-0.4, -0.2) is 44.3 Å². The molecule has 2 aliphatic heterocycles. The van der Waals surface area contributed by atoms with Crippen molar-refractivity contribution in [2.45, 2.75) is 57.0 Å². The SMILES string of the molecule is O=C(CCCc1ccccc1)Nc1cccc(N2CCC(NC3CCOCC3)CC2)c1. The smallest absolute Gasteiger partial charge is 0.224 e. The first kappa shape index (κ1) is 21.8. The molecule has 31 heavy (non-hydrogen) atoms. The number of anilines is 2. The number of carbonyl (C=O) groups is 1. The average molecular weight is 422 g/mol. The van der Waals surface area contributed by atoms with Gasteiger partial charge in [0, 0.05) is 56.2 Å². The first-order chi connectivity index (χ1) is 15.3. The van der Waals surface area contributed by atoms with Crippen LogP contribution >= 0.6 is 0 Å². The first-order valence-electron chi connectivity index (χ1n) is 11.8. The summed E-state index contributed by atoms with van der Waals surface area (Å²) < 4.78 is 5.47. The van der Waals surface area contributed by atoms with Gasteiger partial charge in [0.15, 0.2) is 0 Å². The molecule has 5 nitrogen and oxygen atoms in total. The van der Waals surface area contributed by atoms with Crippen molar-refractivity contribution in [3.63, 3.8) is 0 Å². The van der Waals surface area contributed by atoms with Gasteiger partial charge in [0.2, 0.25) is 5.91 Å². The van der Waals surface area contributed by atoms with Gasteiger partial charge in [-0.2, -0.15) is 0 Å². The van der Waals surface area contributed by atoms with Gasteiger partial charge in [-0.25, -0.2) is 0 Å². The van der Waals surface area contributed by atoms with E-state index in [0.29, 0.717) is 18.5 Å². The second-order valence-electron chi connectivity index (χ2n) is 8.75. The molecule has 2 saturated heterocycles. The molecule has 2 aromatic rings. The Bertz CT molecular complexity index is 812. The molecule has 5 heteroatoms. The van der Waals surface area contributed by atoms with E-state index in [1.807, 2.05) is 30.3 Å². The van der Waals surface area contributed by atoms with E-state index in [1.54, 1.807) is 0 Å². The van der Waals surface area contributed by atoms with Crippen LogP contribution in [0.1, 0.15) is 44.1 Å². The van der Waals surface area contributed by atoms with Crippen molar-refractivity contribution < 1.29 is 9.53 Å². The van der Waals surface area contributed by atoms with Crippen molar-refractivity contribution in [1.29, 1.82) is 0 Å². The highest BCUT2D eigenvalue weighted by atomic mass is 16.5. The van der Waals surface area contributed by atoms with Crippen LogP contribution in [0.25, 0.3) is 0 Å². The summed E-state index contributed by atoms with van der Waals surface area (Å²) in [6.07, 6.45) is 6.93. The van der Waals surface area contributed by atoms with Gasteiger partial charge in [-0.3, -0.25) is 4.79 Å². The van der Waals surface area contributed by atoms with Crippen LogP contribution in [0.15, 0.2) is 54.6 Å². The summed E-state index contributed by atoms with van der Waals surface area (Å²) in [7, 11) is 0. The van der Waals surface area contributed by atoms with Crippen LogP contribution in [0, 0.1) is 0 Å². The number of benzene rings is 2. The van der Waals surface area contributed by atoms with Crippen molar-refractivity contribution in [3.8, 4) is 0 Å². The fraction of sp³-hybridized carbons (Fsp3) is 0.500. The predicted octanol–water partition coefficient (Wildman–Crippen LogP) is 4.39. The third kappa shape index (κ3) is 6.81. The Morgan fingerprint density at radius 3 is 2.45 bits per heavy atom. The molecule has 4 rings (SSSR count). The normalized spacial score (nSPS) is 18.1. The molecular formula is C26H35N3O2. The van der Waals surface area contributed by atoms with Crippen molar-refractivity contribution in [1.82, 2.24) is 5.32 Å². The Morgan fingerprint density at radius 1 is 0.935 bits per heavy atom. The maximum atomic E-state index is 12.4. The van der Waals surface area contributed by atoms with Crippen molar-refractivity contribution in [2.24, 2.45) is 0 Å². The van der Waals surface area contributed by atoms with Crippen molar-refractivity contribution in [2.75, 3.05) is 36.5 Å². The number of ether oxygens (including phenoxy) is 1. The number of nitrogens with zero attached hydrogens (tertiary/aromatic N) is 1.